The molecule has 3 N–H and O–H groups in total. The second-order valence-corrected chi connectivity index (χ2v) is 12.1. The number of aromatic nitrogens is 2. The Hall–Kier alpha value is -4.05. The van der Waals surface area contributed by atoms with Crippen LogP contribution in [0.2, 0.25) is 0 Å². The Kier molecular flexibility index (Phi) is 10.4. The summed E-state index contributed by atoms with van der Waals surface area (Å²) in [6, 6.07) is 15.9. The van der Waals surface area contributed by atoms with E-state index in [1.54, 1.807) is 13.4 Å². The van der Waals surface area contributed by atoms with Gasteiger partial charge in [0, 0.05) is 55.6 Å². The topological polar surface area (TPSA) is 110 Å². The fourth-order valence-electron chi connectivity index (χ4n) is 6.31. The fraction of sp³-hybridized carbons (Fsp3) is 0.500. The number of aryl methyl sites for hydroxylation is 1. The van der Waals surface area contributed by atoms with Gasteiger partial charge in [-0.3, -0.25) is 4.79 Å². The van der Waals surface area contributed by atoms with Crippen molar-refractivity contribution in [3.63, 3.8) is 0 Å². The highest BCUT2D eigenvalue weighted by molar-refractivity contribution is 5.98. The number of nitrogens with zero attached hydrogens (tertiary/aromatic N) is 3. The summed E-state index contributed by atoms with van der Waals surface area (Å²) in [6.45, 7) is 8.67. The molecule has 2 fully saturated rings. The molecule has 2 heterocycles. The molecule has 3 aromatic rings. The number of benzene rings is 2. The molecule has 2 aromatic carbocycles. The SMILES string of the molecule is COc1ccc(C)c(NCC[C@H]2CNCCN2C(=O)c2ncn(C3CCCCC3OC(=O)NC(C)C)c2-c2ccccc2)c1. The van der Waals surface area contributed by atoms with Gasteiger partial charge in [0.25, 0.3) is 5.91 Å². The van der Waals surface area contributed by atoms with Gasteiger partial charge in [0.2, 0.25) is 0 Å². The molecule has 1 aromatic heterocycles. The van der Waals surface area contributed by atoms with E-state index in [9.17, 15) is 9.59 Å². The first-order chi connectivity index (χ1) is 21.4. The Morgan fingerprint density at radius 3 is 2.68 bits per heavy atom. The molecule has 1 saturated carbocycles. The van der Waals surface area contributed by atoms with Crippen LogP contribution in [0, 0.1) is 6.92 Å². The first-order valence-corrected chi connectivity index (χ1v) is 15.8. The summed E-state index contributed by atoms with van der Waals surface area (Å²) in [5.41, 5.74) is 4.32. The zero-order chi connectivity index (χ0) is 31.1. The van der Waals surface area contributed by atoms with E-state index in [4.69, 9.17) is 14.5 Å². The highest BCUT2D eigenvalue weighted by atomic mass is 16.6. The molecule has 1 aliphatic heterocycles. The fourth-order valence-corrected chi connectivity index (χ4v) is 6.31. The number of nitrogens with one attached hydrogen (secondary N) is 3. The van der Waals surface area contributed by atoms with E-state index in [-0.39, 0.29) is 30.1 Å². The molecule has 44 heavy (non-hydrogen) atoms. The van der Waals surface area contributed by atoms with Gasteiger partial charge in [-0.2, -0.15) is 0 Å². The van der Waals surface area contributed by atoms with Crippen molar-refractivity contribution in [1.82, 2.24) is 25.1 Å². The average Bonchev–Trinajstić information content (AvgIpc) is 3.47. The first-order valence-electron chi connectivity index (χ1n) is 15.8. The minimum atomic E-state index is -0.406. The average molecular weight is 603 g/mol. The van der Waals surface area contributed by atoms with Crippen molar-refractivity contribution in [2.75, 3.05) is 38.6 Å². The lowest BCUT2D eigenvalue weighted by Gasteiger charge is -2.36. The van der Waals surface area contributed by atoms with E-state index in [0.29, 0.717) is 18.8 Å². The van der Waals surface area contributed by atoms with E-state index in [1.807, 2.05) is 67.3 Å². The van der Waals surface area contributed by atoms with Crippen molar-refractivity contribution in [2.24, 2.45) is 0 Å². The number of imidazole rings is 1. The zero-order valence-corrected chi connectivity index (χ0v) is 26.3. The predicted molar refractivity (Wildman–Crippen MR) is 172 cm³/mol. The highest BCUT2D eigenvalue weighted by Gasteiger charge is 2.36. The van der Waals surface area contributed by atoms with Crippen LogP contribution in [0.1, 0.15) is 68.0 Å². The molecular weight excluding hydrogens is 556 g/mol. The van der Waals surface area contributed by atoms with Gasteiger partial charge in [0.05, 0.1) is 25.2 Å². The second kappa shape index (κ2) is 14.6. The lowest BCUT2D eigenvalue weighted by molar-refractivity contribution is 0.0407. The summed E-state index contributed by atoms with van der Waals surface area (Å²) in [6.07, 6.45) is 5.46. The number of ether oxygens (including phenoxy) is 2. The molecular formula is C34H46N6O4. The van der Waals surface area contributed by atoms with Gasteiger partial charge in [0.1, 0.15) is 11.9 Å². The van der Waals surface area contributed by atoms with Gasteiger partial charge in [-0.15, -0.1) is 0 Å². The van der Waals surface area contributed by atoms with Crippen molar-refractivity contribution in [2.45, 2.75) is 77.1 Å². The molecule has 0 spiro atoms. The smallest absolute Gasteiger partial charge is 0.407 e. The minimum Gasteiger partial charge on any atom is -0.497 e. The Balaban J connectivity index is 1.39. The maximum Gasteiger partial charge on any atom is 0.407 e. The summed E-state index contributed by atoms with van der Waals surface area (Å²) in [5.74, 6) is 0.738. The van der Waals surface area contributed by atoms with Crippen LogP contribution in [0.25, 0.3) is 11.3 Å². The molecule has 1 aliphatic carbocycles. The third-order valence-corrected chi connectivity index (χ3v) is 8.58. The summed E-state index contributed by atoms with van der Waals surface area (Å²) >= 11 is 0. The van der Waals surface area contributed by atoms with Crippen LogP contribution in [0.3, 0.4) is 0 Å². The lowest BCUT2D eigenvalue weighted by atomic mass is 9.91. The summed E-state index contributed by atoms with van der Waals surface area (Å²) in [5, 5.41) is 9.86. The van der Waals surface area contributed by atoms with E-state index < -0.39 is 6.09 Å². The third-order valence-electron chi connectivity index (χ3n) is 8.58. The van der Waals surface area contributed by atoms with Crippen molar-refractivity contribution < 1.29 is 19.1 Å². The number of carbonyl (C=O) groups excluding carboxylic acids is 2. The standard InChI is InChI=1S/C34H46N6O4/c1-23(2)38-34(42)44-30-13-9-8-12-29(30)40-22-37-31(32(40)25-10-6-5-7-11-25)33(41)39-19-18-35-21-26(39)16-17-36-28-20-27(43-4)15-14-24(28)3/h5-7,10-11,14-15,20,22-23,26,29-30,35-36H,8-9,12-13,16-19,21H2,1-4H3,(H,38,42)/t26-,29?,30?/m0/s1. The number of alkyl carbamates (subject to hydrolysis) is 1. The predicted octanol–water partition coefficient (Wildman–Crippen LogP) is 5.40. The van der Waals surface area contributed by atoms with Gasteiger partial charge >= 0.3 is 6.09 Å². The molecule has 1 saturated heterocycles. The molecule has 0 bridgehead atoms. The second-order valence-electron chi connectivity index (χ2n) is 12.1. The Morgan fingerprint density at radius 2 is 1.91 bits per heavy atom. The van der Waals surface area contributed by atoms with Crippen LogP contribution >= 0.6 is 0 Å². The molecule has 0 radical (unpaired) electrons. The number of methoxy groups -OCH3 is 1. The summed E-state index contributed by atoms with van der Waals surface area (Å²) in [4.78, 5) is 33.7. The molecule has 2 unspecified atom stereocenters. The number of rotatable bonds is 10. The highest BCUT2D eigenvalue weighted by Crippen LogP contribution is 2.36. The maximum atomic E-state index is 14.3. The summed E-state index contributed by atoms with van der Waals surface area (Å²) < 4.78 is 13.4. The van der Waals surface area contributed by atoms with Crippen LogP contribution < -0.4 is 20.7 Å². The van der Waals surface area contributed by atoms with Crippen LogP contribution in [0.5, 0.6) is 5.75 Å². The minimum absolute atomic E-state index is 0.00827. The van der Waals surface area contributed by atoms with E-state index in [0.717, 1.165) is 73.5 Å². The first kappa shape index (κ1) is 31.4. The number of hydrogen-bond donors (Lipinski definition) is 3. The summed E-state index contributed by atoms with van der Waals surface area (Å²) in [7, 11) is 1.67. The molecule has 5 rings (SSSR count). The molecule has 2 amide bonds. The van der Waals surface area contributed by atoms with Gasteiger partial charge in [-0.05, 0) is 58.1 Å². The van der Waals surface area contributed by atoms with Gasteiger partial charge in [0.15, 0.2) is 5.69 Å². The van der Waals surface area contributed by atoms with E-state index in [1.165, 1.54) is 0 Å². The molecule has 10 heteroatoms. The van der Waals surface area contributed by atoms with Crippen LogP contribution in [-0.2, 0) is 4.74 Å². The van der Waals surface area contributed by atoms with Crippen molar-refractivity contribution in [3.05, 3.63) is 66.1 Å². The normalized spacial score (nSPS) is 20.3. The van der Waals surface area contributed by atoms with Crippen molar-refractivity contribution in [3.8, 4) is 17.0 Å². The lowest BCUT2D eigenvalue weighted by Crippen LogP contribution is -2.54. The van der Waals surface area contributed by atoms with E-state index in [2.05, 4.69) is 27.4 Å². The van der Waals surface area contributed by atoms with Crippen LogP contribution in [-0.4, -0.2) is 77.9 Å². The van der Waals surface area contributed by atoms with E-state index >= 15 is 0 Å². The third kappa shape index (κ3) is 7.35. The zero-order valence-electron chi connectivity index (χ0n) is 26.3. The number of amides is 2. The van der Waals surface area contributed by atoms with Crippen LogP contribution in [0.15, 0.2) is 54.9 Å². The largest absolute Gasteiger partial charge is 0.497 e. The maximum absolute atomic E-state index is 14.3. The van der Waals surface area contributed by atoms with Crippen molar-refractivity contribution in [1.29, 1.82) is 0 Å². The van der Waals surface area contributed by atoms with Crippen molar-refractivity contribution >= 4 is 17.7 Å². The monoisotopic (exact) mass is 602 g/mol. The number of hydrogen-bond acceptors (Lipinski definition) is 7. The molecule has 2 aliphatic rings. The Labute approximate surface area is 260 Å². The van der Waals surface area contributed by atoms with Gasteiger partial charge in [-0.1, -0.05) is 42.8 Å². The van der Waals surface area contributed by atoms with Crippen LogP contribution in [0.4, 0.5) is 10.5 Å². The number of piperazine rings is 1. The number of carbonyl (C=O) groups is 2. The van der Waals surface area contributed by atoms with Gasteiger partial charge < -0.3 is 34.9 Å². The molecule has 10 nitrogen and oxygen atoms in total. The van der Waals surface area contributed by atoms with Gasteiger partial charge in [-0.25, -0.2) is 9.78 Å². The molecule has 3 atom stereocenters. The molecule has 236 valence electrons. The number of anilines is 1. The quantitative estimate of drug-likeness (QED) is 0.285. The Bertz CT molecular complexity index is 1410. The Morgan fingerprint density at radius 1 is 1.11 bits per heavy atom.